The molecule has 0 saturated heterocycles. The Hall–Kier alpha value is -2.69. The zero-order chi connectivity index (χ0) is 16.4. The van der Waals surface area contributed by atoms with Gasteiger partial charge in [0.15, 0.2) is 0 Å². The number of rotatable bonds is 4. The number of aromatic amines is 1. The van der Waals surface area contributed by atoms with Crippen molar-refractivity contribution in [2.75, 3.05) is 6.54 Å². The summed E-state index contributed by atoms with van der Waals surface area (Å²) in [6, 6.07) is 9.54. The molecule has 2 aromatic heterocycles. The quantitative estimate of drug-likeness (QED) is 0.772. The van der Waals surface area contributed by atoms with Gasteiger partial charge in [0, 0.05) is 29.3 Å². The number of H-pyrrole nitrogens is 1. The molecule has 0 radical (unpaired) electrons. The van der Waals surface area contributed by atoms with Crippen LogP contribution in [-0.2, 0) is 0 Å². The van der Waals surface area contributed by atoms with Gasteiger partial charge in [-0.3, -0.25) is 14.9 Å². The van der Waals surface area contributed by atoms with E-state index in [0.29, 0.717) is 11.5 Å². The Morgan fingerprint density at radius 3 is 2.92 bits per heavy atom. The first-order valence-corrected chi connectivity index (χ1v) is 8.48. The Balaban J connectivity index is 1.64. The molecule has 5 heteroatoms. The minimum absolute atomic E-state index is 0.0319. The number of carbonyl (C=O) groups is 1. The van der Waals surface area contributed by atoms with Gasteiger partial charge in [-0.15, -0.1) is 0 Å². The molecule has 24 heavy (non-hydrogen) atoms. The summed E-state index contributed by atoms with van der Waals surface area (Å²) in [6.07, 6.45) is 8.54. The van der Waals surface area contributed by atoms with E-state index < -0.39 is 0 Å². The largest absolute Gasteiger partial charge is 0.352 e. The van der Waals surface area contributed by atoms with Crippen LogP contribution in [0.5, 0.6) is 0 Å². The second kappa shape index (κ2) is 6.43. The molecule has 2 N–H and O–H groups in total. The predicted molar refractivity (Wildman–Crippen MR) is 93.6 cm³/mol. The van der Waals surface area contributed by atoms with E-state index in [1.165, 1.54) is 25.7 Å². The number of pyridine rings is 1. The third-order valence-electron chi connectivity index (χ3n) is 4.79. The number of carbonyl (C=O) groups excluding carboxylic acids is 1. The first-order chi connectivity index (χ1) is 11.8. The van der Waals surface area contributed by atoms with Crippen LogP contribution in [0.2, 0.25) is 0 Å². The summed E-state index contributed by atoms with van der Waals surface area (Å²) in [4.78, 5) is 17.0. The maximum Gasteiger partial charge on any atom is 0.251 e. The van der Waals surface area contributed by atoms with Gasteiger partial charge in [-0.1, -0.05) is 18.9 Å². The van der Waals surface area contributed by atoms with Gasteiger partial charge in [-0.25, -0.2) is 0 Å². The van der Waals surface area contributed by atoms with E-state index in [4.69, 9.17) is 0 Å². The maximum absolute atomic E-state index is 12.6. The molecule has 1 aromatic carbocycles. The van der Waals surface area contributed by atoms with Crippen molar-refractivity contribution in [2.24, 2.45) is 5.92 Å². The lowest BCUT2D eigenvalue weighted by molar-refractivity contribution is 0.0947. The Kier molecular flexibility index (Phi) is 3.99. The van der Waals surface area contributed by atoms with E-state index in [1.54, 1.807) is 12.4 Å². The van der Waals surface area contributed by atoms with Crippen molar-refractivity contribution < 1.29 is 4.79 Å². The van der Waals surface area contributed by atoms with E-state index in [1.807, 2.05) is 30.3 Å². The summed E-state index contributed by atoms with van der Waals surface area (Å²) in [7, 11) is 0. The van der Waals surface area contributed by atoms with E-state index >= 15 is 0 Å². The highest BCUT2D eigenvalue weighted by Crippen LogP contribution is 2.28. The minimum Gasteiger partial charge on any atom is -0.352 e. The van der Waals surface area contributed by atoms with Crippen molar-refractivity contribution in [1.82, 2.24) is 20.5 Å². The van der Waals surface area contributed by atoms with Gasteiger partial charge in [0.2, 0.25) is 0 Å². The smallest absolute Gasteiger partial charge is 0.251 e. The van der Waals surface area contributed by atoms with Crippen LogP contribution in [-0.4, -0.2) is 27.6 Å². The third-order valence-corrected chi connectivity index (χ3v) is 4.79. The molecule has 0 spiro atoms. The van der Waals surface area contributed by atoms with Crippen LogP contribution in [0.1, 0.15) is 36.0 Å². The van der Waals surface area contributed by atoms with Gasteiger partial charge in [-0.2, -0.15) is 5.10 Å². The molecule has 1 saturated carbocycles. The summed E-state index contributed by atoms with van der Waals surface area (Å²) in [5, 5.41) is 11.1. The molecule has 3 aromatic rings. The second-order valence-electron chi connectivity index (χ2n) is 6.43. The minimum atomic E-state index is -0.0319. The zero-order valence-corrected chi connectivity index (χ0v) is 13.5. The number of hydrogen-bond acceptors (Lipinski definition) is 3. The number of benzene rings is 1. The van der Waals surface area contributed by atoms with Crippen molar-refractivity contribution >= 4 is 16.8 Å². The highest BCUT2D eigenvalue weighted by atomic mass is 16.1. The molecule has 0 bridgehead atoms. The van der Waals surface area contributed by atoms with Crippen LogP contribution in [0.3, 0.4) is 0 Å². The van der Waals surface area contributed by atoms with Crippen LogP contribution in [0.15, 0.2) is 42.7 Å². The lowest BCUT2D eigenvalue weighted by Crippen LogP contribution is -2.28. The average molecular weight is 320 g/mol. The topological polar surface area (TPSA) is 70.7 Å². The molecular weight excluding hydrogens is 300 g/mol. The van der Waals surface area contributed by atoms with E-state index in [-0.39, 0.29) is 5.91 Å². The Labute approximate surface area is 140 Å². The average Bonchev–Trinajstić information content (AvgIpc) is 3.31. The van der Waals surface area contributed by atoms with Crippen molar-refractivity contribution in [2.45, 2.75) is 25.7 Å². The fraction of sp³-hybridized carbons (Fsp3) is 0.316. The van der Waals surface area contributed by atoms with Gasteiger partial charge in [-0.05, 0) is 43.0 Å². The highest BCUT2D eigenvalue weighted by molar-refractivity contribution is 6.03. The summed E-state index contributed by atoms with van der Waals surface area (Å²) >= 11 is 0. The predicted octanol–water partition coefficient (Wildman–Crippen LogP) is 3.54. The number of amides is 1. The molecule has 0 unspecified atom stereocenters. The lowest BCUT2D eigenvalue weighted by Gasteiger charge is -2.11. The van der Waals surface area contributed by atoms with E-state index in [0.717, 1.165) is 28.7 Å². The second-order valence-corrected chi connectivity index (χ2v) is 6.43. The first kappa shape index (κ1) is 14.9. The van der Waals surface area contributed by atoms with Gasteiger partial charge in [0.1, 0.15) is 0 Å². The molecule has 0 atom stereocenters. The van der Waals surface area contributed by atoms with E-state index in [2.05, 4.69) is 20.5 Å². The summed E-state index contributed by atoms with van der Waals surface area (Å²) < 4.78 is 0. The number of nitrogens with zero attached hydrogens (tertiary/aromatic N) is 2. The van der Waals surface area contributed by atoms with Crippen LogP contribution in [0.25, 0.3) is 22.2 Å². The SMILES string of the molecule is O=C(NCC1CCCC1)c1cc(-c2ccccn2)c2cn[nH]c2c1. The standard InChI is InChI=1S/C19H20N4O/c24-19(21-11-13-5-1-2-6-13)14-9-15(17-7-3-4-8-20-17)16-12-22-23-18(16)10-14/h3-4,7-10,12-13H,1-2,5-6,11H2,(H,21,24)(H,22,23). The molecule has 1 amide bonds. The lowest BCUT2D eigenvalue weighted by atomic mass is 10.0. The Bertz CT molecular complexity index is 850. The van der Waals surface area contributed by atoms with Crippen LogP contribution in [0, 0.1) is 5.92 Å². The number of fused-ring (bicyclic) bond motifs is 1. The molecular formula is C19H20N4O. The third kappa shape index (κ3) is 2.89. The summed E-state index contributed by atoms with van der Waals surface area (Å²) in [6.45, 7) is 0.763. The Morgan fingerprint density at radius 2 is 2.12 bits per heavy atom. The molecule has 1 aliphatic carbocycles. The summed E-state index contributed by atoms with van der Waals surface area (Å²) in [5.41, 5.74) is 3.26. The fourth-order valence-corrected chi connectivity index (χ4v) is 3.47. The highest BCUT2D eigenvalue weighted by Gasteiger charge is 2.17. The molecule has 4 rings (SSSR count). The van der Waals surface area contributed by atoms with Gasteiger partial charge >= 0.3 is 0 Å². The molecule has 1 aliphatic rings. The van der Waals surface area contributed by atoms with Crippen molar-refractivity contribution in [1.29, 1.82) is 0 Å². The number of nitrogens with one attached hydrogen (secondary N) is 2. The molecule has 5 nitrogen and oxygen atoms in total. The number of hydrogen-bond donors (Lipinski definition) is 2. The van der Waals surface area contributed by atoms with Gasteiger partial charge in [0.25, 0.3) is 5.91 Å². The monoisotopic (exact) mass is 320 g/mol. The van der Waals surface area contributed by atoms with Crippen molar-refractivity contribution in [3.05, 3.63) is 48.3 Å². The van der Waals surface area contributed by atoms with Crippen LogP contribution < -0.4 is 5.32 Å². The Morgan fingerprint density at radius 1 is 1.25 bits per heavy atom. The van der Waals surface area contributed by atoms with E-state index in [9.17, 15) is 4.79 Å². The number of aromatic nitrogens is 3. The molecule has 122 valence electrons. The molecule has 2 heterocycles. The zero-order valence-electron chi connectivity index (χ0n) is 13.5. The van der Waals surface area contributed by atoms with Crippen molar-refractivity contribution in [3.8, 4) is 11.3 Å². The normalized spacial score (nSPS) is 15.0. The molecule has 1 fully saturated rings. The van der Waals surface area contributed by atoms with Crippen molar-refractivity contribution in [3.63, 3.8) is 0 Å². The molecule has 0 aliphatic heterocycles. The fourth-order valence-electron chi connectivity index (χ4n) is 3.47. The first-order valence-electron chi connectivity index (χ1n) is 8.48. The van der Waals surface area contributed by atoms with Gasteiger partial charge < -0.3 is 5.32 Å². The van der Waals surface area contributed by atoms with Crippen LogP contribution in [0.4, 0.5) is 0 Å². The van der Waals surface area contributed by atoms with Crippen LogP contribution >= 0.6 is 0 Å². The summed E-state index contributed by atoms with van der Waals surface area (Å²) in [5.74, 6) is 0.593. The maximum atomic E-state index is 12.6. The van der Waals surface area contributed by atoms with Gasteiger partial charge in [0.05, 0.1) is 17.4 Å².